The molecule has 0 amide bonds. The minimum Gasteiger partial charge on any atom is -0.309 e. The fraction of sp³-hybridized carbons (Fsp3) is 0.667. The summed E-state index contributed by atoms with van der Waals surface area (Å²) >= 11 is 0. The number of nitrogens with zero attached hydrogens (tertiary/aromatic N) is 2. The average Bonchev–Trinajstić information content (AvgIpc) is 3.09. The van der Waals surface area contributed by atoms with Crippen molar-refractivity contribution in [3.05, 3.63) is 24.3 Å². The predicted molar refractivity (Wildman–Crippen MR) is 60.4 cm³/mol. The number of rotatable bonds is 6. The molecule has 1 aromatic heterocycles. The van der Waals surface area contributed by atoms with Crippen LogP contribution < -0.4 is 5.32 Å². The van der Waals surface area contributed by atoms with Crippen LogP contribution >= 0.6 is 0 Å². The summed E-state index contributed by atoms with van der Waals surface area (Å²) in [6.07, 6.45) is 10.6. The third-order valence-corrected chi connectivity index (χ3v) is 2.85. The van der Waals surface area contributed by atoms with Crippen LogP contribution in [0.25, 0.3) is 0 Å². The molecule has 0 spiro atoms. The Labute approximate surface area is 91.3 Å². The standard InChI is InChI=1S/C12H19N3/c1-2-5-14-11(8-10-3-4-10)12-9-13-6-7-15-12/h6-7,9-11,14H,2-5,8H2,1H3. The first kappa shape index (κ1) is 10.6. The van der Waals surface area contributed by atoms with Crippen molar-refractivity contribution < 1.29 is 0 Å². The molecule has 0 aromatic carbocycles. The smallest absolute Gasteiger partial charge is 0.0756 e. The lowest BCUT2D eigenvalue weighted by atomic mass is 10.1. The van der Waals surface area contributed by atoms with Gasteiger partial charge in [-0.1, -0.05) is 19.8 Å². The van der Waals surface area contributed by atoms with Gasteiger partial charge in [-0.2, -0.15) is 0 Å². The van der Waals surface area contributed by atoms with E-state index in [4.69, 9.17) is 0 Å². The van der Waals surface area contributed by atoms with Crippen molar-refractivity contribution in [3.8, 4) is 0 Å². The first-order valence-corrected chi connectivity index (χ1v) is 5.89. The zero-order valence-corrected chi connectivity index (χ0v) is 9.32. The number of hydrogen-bond acceptors (Lipinski definition) is 3. The Balaban J connectivity index is 1.96. The van der Waals surface area contributed by atoms with Gasteiger partial charge in [-0.25, -0.2) is 0 Å². The van der Waals surface area contributed by atoms with Gasteiger partial charge in [-0.05, 0) is 25.3 Å². The van der Waals surface area contributed by atoms with Gasteiger partial charge in [0.1, 0.15) is 0 Å². The van der Waals surface area contributed by atoms with Crippen molar-refractivity contribution in [1.82, 2.24) is 15.3 Å². The molecule has 1 aromatic rings. The fourth-order valence-electron chi connectivity index (χ4n) is 1.80. The number of nitrogens with one attached hydrogen (secondary N) is 1. The molecule has 1 heterocycles. The SMILES string of the molecule is CCCNC(CC1CC1)c1cnccn1. The molecule has 0 radical (unpaired) electrons. The molecule has 0 saturated heterocycles. The maximum absolute atomic E-state index is 4.39. The molecular formula is C12H19N3. The van der Waals surface area contributed by atoms with Gasteiger partial charge in [-0.3, -0.25) is 9.97 Å². The molecule has 1 aliphatic rings. The molecule has 15 heavy (non-hydrogen) atoms. The molecule has 2 rings (SSSR count). The molecular weight excluding hydrogens is 186 g/mol. The number of aromatic nitrogens is 2. The lowest BCUT2D eigenvalue weighted by Crippen LogP contribution is -2.23. The first-order valence-electron chi connectivity index (χ1n) is 5.89. The number of hydrogen-bond donors (Lipinski definition) is 1. The molecule has 3 nitrogen and oxygen atoms in total. The average molecular weight is 205 g/mol. The van der Waals surface area contributed by atoms with E-state index in [1.807, 2.05) is 6.20 Å². The van der Waals surface area contributed by atoms with Gasteiger partial charge in [0, 0.05) is 18.6 Å². The van der Waals surface area contributed by atoms with Crippen LogP contribution in [-0.2, 0) is 0 Å². The lowest BCUT2D eigenvalue weighted by molar-refractivity contribution is 0.463. The Kier molecular flexibility index (Phi) is 3.67. The van der Waals surface area contributed by atoms with Crippen molar-refractivity contribution in [1.29, 1.82) is 0 Å². The van der Waals surface area contributed by atoms with Crippen molar-refractivity contribution in [2.45, 2.75) is 38.6 Å². The molecule has 82 valence electrons. The van der Waals surface area contributed by atoms with E-state index in [1.54, 1.807) is 12.4 Å². The van der Waals surface area contributed by atoms with E-state index < -0.39 is 0 Å². The Bertz CT molecular complexity index is 282. The highest BCUT2D eigenvalue weighted by atomic mass is 14.9. The normalized spacial score (nSPS) is 17.7. The van der Waals surface area contributed by atoms with Crippen molar-refractivity contribution in [2.75, 3.05) is 6.54 Å². The summed E-state index contributed by atoms with van der Waals surface area (Å²) < 4.78 is 0. The van der Waals surface area contributed by atoms with E-state index in [9.17, 15) is 0 Å². The summed E-state index contributed by atoms with van der Waals surface area (Å²) in [6, 6.07) is 0.408. The summed E-state index contributed by atoms with van der Waals surface area (Å²) in [7, 11) is 0. The zero-order chi connectivity index (χ0) is 10.5. The van der Waals surface area contributed by atoms with Crippen LogP contribution in [0.4, 0.5) is 0 Å². The van der Waals surface area contributed by atoms with Gasteiger partial charge in [0.05, 0.1) is 11.7 Å². The van der Waals surface area contributed by atoms with Gasteiger partial charge >= 0.3 is 0 Å². The van der Waals surface area contributed by atoms with Gasteiger partial charge in [0.25, 0.3) is 0 Å². The topological polar surface area (TPSA) is 37.8 Å². The minimum absolute atomic E-state index is 0.408. The van der Waals surface area contributed by atoms with Gasteiger partial charge in [0.15, 0.2) is 0 Å². The molecule has 1 N–H and O–H groups in total. The van der Waals surface area contributed by atoms with Crippen LogP contribution in [0.5, 0.6) is 0 Å². The Morgan fingerprint density at radius 2 is 2.33 bits per heavy atom. The van der Waals surface area contributed by atoms with E-state index in [0.29, 0.717) is 6.04 Å². The van der Waals surface area contributed by atoms with Gasteiger partial charge < -0.3 is 5.32 Å². The minimum atomic E-state index is 0.408. The second kappa shape index (κ2) is 5.21. The van der Waals surface area contributed by atoms with Gasteiger partial charge in [0.2, 0.25) is 0 Å². The molecule has 0 bridgehead atoms. The second-order valence-electron chi connectivity index (χ2n) is 4.32. The Hall–Kier alpha value is -0.960. The van der Waals surface area contributed by atoms with Crippen LogP contribution in [0.15, 0.2) is 18.6 Å². The van der Waals surface area contributed by atoms with Crippen LogP contribution in [0.3, 0.4) is 0 Å². The maximum atomic E-state index is 4.39. The highest BCUT2D eigenvalue weighted by molar-refractivity contribution is 5.03. The van der Waals surface area contributed by atoms with Gasteiger partial charge in [-0.15, -0.1) is 0 Å². The highest BCUT2D eigenvalue weighted by Crippen LogP contribution is 2.37. The summed E-state index contributed by atoms with van der Waals surface area (Å²) in [5, 5.41) is 3.55. The molecule has 1 unspecified atom stereocenters. The van der Waals surface area contributed by atoms with Crippen LogP contribution in [0.1, 0.15) is 44.3 Å². The Morgan fingerprint density at radius 1 is 1.47 bits per heavy atom. The summed E-state index contributed by atoms with van der Waals surface area (Å²) in [4.78, 5) is 8.53. The molecule has 1 saturated carbocycles. The lowest BCUT2D eigenvalue weighted by Gasteiger charge is -2.17. The maximum Gasteiger partial charge on any atom is 0.0756 e. The third-order valence-electron chi connectivity index (χ3n) is 2.85. The van der Waals surface area contributed by atoms with Crippen molar-refractivity contribution >= 4 is 0 Å². The van der Waals surface area contributed by atoms with E-state index in [2.05, 4.69) is 22.2 Å². The summed E-state index contributed by atoms with van der Waals surface area (Å²) in [5.74, 6) is 0.918. The second-order valence-corrected chi connectivity index (χ2v) is 4.32. The molecule has 3 heteroatoms. The third kappa shape index (κ3) is 3.27. The molecule has 1 fully saturated rings. The zero-order valence-electron chi connectivity index (χ0n) is 9.32. The summed E-state index contributed by atoms with van der Waals surface area (Å²) in [6.45, 7) is 3.26. The molecule has 1 aliphatic carbocycles. The molecule has 1 atom stereocenters. The predicted octanol–water partition coefficient (Wildman–Crippen LogP) is 2.32. The Morgan fingerprint density at radius 3 is 2.93 bits per heavy atom. The monoisotopic (exact) mass is 205 g/mol. The van der Waals surface area contributed by atoms with Crippen LogP contribution in [0, 0.1) is 5.92 Å². The highest BCUT2D eigenvalue weighted by Gasteiger charge is 2.26. The van der Waals surface area contributed by atoms with E-state index in [-0.39, 0.29) is 0 Å². The summed E-state index contributed by atoms with van der Waals surface area (Å²) in [5.41, 5.74) is 1.10. The van der Waals surface area contributed by atoms with E-state index >= 15 is 0 Å². The molecule has 0 aliphatic heterocycles. The largest absolute Gasteiger partial charge is 0.309 e. The van der Waals surface area contributed by atoms with Crippen molar-refractivity contribution in [2.24, 2.45) is 5.92 Å². The van der Waals surface area contributed by atoms with E-state index in [0.717, 1.165) is 18.2 Å². The fourth-order valence-corrected chi connectivity index (χ4v) is 1.80. The quantitative estimate of drug-likeness (QED) is 0.774. The van der Waals surface area contributed by atoms with Crippen molar-refractivity contribution in [3.63, 3.8) is 0 Å². The first-order chi connectivity index (χ1) is 7.40. The van der Waals surface area contributed by atoms with Crippen LogP contribution in [-0.4, -0.2) is 16.5 Å². The van der Waals surface area contributed by atoms with Crippen LogP contribution in [0.2, 0.25) is 0 Å². The van der Waals surface area contributed by atoms with E-state index in [1.165, 1.54) is 25.7 Å².